The minimum atomic E-state index is -0.274. The Labute approximate surface area is 134 Å². The average molecular weight is 332 g/mol. The molecule has 112 valence electrons. The third-order valence-electron chi connectivity index (χ3n) is 3.28. The summed E-state index contributed by atoms with van der Waals surface area (Å²) in [6.07, 6.45) is 2.33. The second kappa shape index (κ2) is 5.29. The number of thiazole rings is 1. The van der Waals surface area contributed by atoms with Gasteiger partial charge in [0.25, 0.3) is 5.91 Å². The van der Waals surface area contributed by atoms with Crippen LogP contribution >= 0.6 is 22.7 Å². The van der Waals surface area contributed by atoms with Gasteiger partial charge in [-0.3, -0.25) is 10.1 Å². The molecule has 1 aliphatic rings. The van der Waals surface area contributed by atoms with Crippen molar-refractivity contribution < 1.29 is 9.21 Å². The summed E-state index contributed by atoms with van der Waals surface area (Å²) in [7, 11) is 0. The van der Waals surface area contributed by atoms with E-state index >= 15 is 0 Å². The maximum absolute atomic E-state index is 12.2. The summed E-state index contributed by atoms with van der Waals surface area (Å²) < 4.78 is 5.51. The van der Waals surface area contributed by atoms with Crippen LogP contribution in [0.25, 0.3) is 10.8 Å². The zero-order chi connectivity index (χ0) is 15.1. The number of carbonyl (C=O) groups is 1. The van der Waals surface area contributed by atoms with Crippen LogP contribution in [0, 0.1) is 6.92 Å². The lowest BCUT2D eigenvalue weighted by Gasteiger charge is -1.96. The highest BCUT2D eigenvalue weighted by atomic mass is 32.1. The zero-order valence-corrected chi connectivity index (χ0v) is 13.3. The van der Waals surface area contributed by atoms with E-state index < -0.39 is 0 Å². The van der Waals surface area contributed by atoms with Crippen LogP contribution in [0.15, 0.2) is 21.9 Å². The second-order valence-corrected chi connectivity index (χ2v) is 6.99. The molecule has 3 aromatic heterocycles. The van der Waals surface area contributed by atoms with Crippen LogP contribution in [0.2, 0.25) is 0 Å². The van der Waals surface area contributed by atoms with E-state index in [-0.39, 0.29) is 5.91 Å². The first kappa shape index (κ1) is 13.6. The lowest BCUT2D eigenvalue weighted by atomic mass is 10.4. The zero-order valence-electron chi connectivity index (χ0n) is 11.7. The maximum Gasteiger partial charge on any atom is 0.276 e. The van der Waals surface area contributed by atoms with Gasteiger partial charge in [0.05, 0.1) is 0 Å². The highest BCUT2D eigenvalue weighted by Crippen LogP contribution is 2.42. The van der Waals surface area contributed by atoms with Gasteiger partial charge in [0, 0.05) is 11.3 Å². The van der Waals surface area contributed by atoms with Gasteiger partial charge in [-0.1, -0.05) is 11.3 Å². The molecule has 0 aliphatic heterocycles. The number of aromatic nitrogens is 3. The Morgan fingerprint density at radius 2 is 2.23 bits per heavy atom. The van der Waals surface area contributed by atoms with Gasteiger partial charge < -0.3 is 4.42 Å². The molecular formula is C14H12N4O2S2. The van der Waals surface area contributed by atoms with E-state index in [0.29, 0.717) is 27.5 Å². The Hall–Kier alpha value is -2.06. The molecule has 3 aromatic rings. The molecule has 0 spiro atoms. The Balaban J connectivity index is 1.49. The molecule has 1 fully saturated rings. The molecule has 3 heterocycles. The molecule has 0 aromatic carbocycles. The first-order valence-corrected chi connectivity index (χ1v) is 8.56. The van der Waals surface area contributed by atoms with Gasteiger partial charge in [0.1, 0.15) is 16.5 Å². The predicted octanol–water partition coefficient (Wildman–Crippen LogP) is 3.69. The third kappa shape index (κ3) is 2.67. The van der Waals surface area contributed by atoms with E-state index in [0.717, 1.165) is 10.8 Å². The number of nitrogens with one attached hydrogen (secondary N) is 1. The first-order valence-electron chi connectivity index (χ1n) is 6.86. The van der Waals surface area contributed by atoms with Crippen molar-refractivity contribution in [2.75, 3.05) is 5.32 Å². The quantitative estimate of drug-likeness (QED) is 0.788. The molecule has 0 unspecified atom stereocenters. The molecule has 1 saturated carbocycles. The van der Waals surface area contributed by atoms with Crippen LogP contribution in [0.4, 0.5) is 5.13 Å². The number of hydrogen-bond donors (Lipinski definition) is 1. The number of hydrogen-bond acceptors (Lipinski definition) is 7. The Morgan fingerprint density at radius 1 is 1.36 bits per heavy atom. The maximum atomic E-state index is 12.2. The lowest BCUT2D eigenvalue weighted by Crippen LogP contribution is -2.12. The van der Waals surface area contributed by atoms with Crippen molar-refractivity contribution in [1.29, 1.82) is 0 Å². The SMILES string of the molecule is Cc1ccc(-c2nc(C(=O)Nc3nnc(C4CC4)s3)cs2)o1. The molecule has 1 aliphatic carbocycles. The first-order chi connectivity index (χ1) is 10.7. The van der Waals surface area contributed by atoms with Gasteiger partial charge in [-0.05, 0) is 31.9 Å². The minimum Gasteiger partial charge on any atom is -0.459 e. The van der Waals surface area contributed by atoms with E-state index in [1.807, 2.05) is 19.1 Å². The van der Waals surface area contributed by atoms with Gasteiger partial charge in [0.15, 0.2) is 10.8 Å². The molecule has 0 bridgehead atoms. The van der Waals surface area contributed by atoms with Crippen molar-refractivity contribution in [3.63, 3.8) is 0 Å². The van der Waals surface area contributed by atoms with Gasteiger partial charge in [-0.25, -0.2) is 4.98 Å². The van der Waals surface area contributed by atoms with Crippen molar-refractivity contribution in [2.45, 2.75) is 25.7 Å². The molecule has 8 heteroatoms. The second-order valence-electron chi connectivity index (χ2n) is 5.12. The summed E-state index contributed by atoms with van der Waals surface area (Å²) in [5.74, 6) is 1.76. The van der Waals surface area contributed by atoms with Crippen LogP contribution < -0.4 is 5.32 Å². The van der Waals surface area contributed by atoms with E-state index in [9.17, 15) is 4.79 Å². The summed E-state index contributed by atoms with van der Waals surface area (Å²) in [4.78, 5) is 16.5. The standard InChI is InChI=1S/C14H12N4O2S2/c1-7-2-5-10(20-7)13-15-9(6-21-13)11(19)16-14-18-17-12(22-14)8-3-4-8/h2,5-6,8H,3-4H2,1H3,(H,16,18,19). The van der Waals surface area contributed by atoms with Crippen molar-refractivity contribution in [3.8, 4) is 10.8 Å². The number of amides is 1. The normalized spacial score (nSPS) is 14.2. The fourth-order valence-corrected chi connectivity index (χ4v) is 3.65. The fraction of sp³-hybridized carbons (Fsp3) is 0.286. The highest BCUT2D eigenvalue weighted by Gasteiger charge is 2.28. The number of nitrogens with zero attached hydrogens (tertiary/aromatic N) is 3. The van der Waals surface area contributed by atoms with E-state index in [4.69, 9.17) is 4.42 Å². The van der Waals surface area contributed by atoms with Crippen LogP contribution in [-0.4, -0.2) is 21.1 Å². The Kier molecular flexibility index (Phi) is 3.27. The largest absolute Gasteiger partial charge is 0.459 e. The third-order valence-corrected chi connectivity index (χ3v) is 5.13. The Bertz CT molecular complexity index is 831. The van der Waals surface area contributed by atoms with Gasteiger partial charge in [-0.15, -0.1) is 21.5 Å². The van der Waals surface area contributed by atoms with E-state index in [2.05, 4.69) is 20.5 Å². The summed E-state index contributed by atoms with van der Waals surface area (Å²) in [5, 5.41) is 14.8. The summed E-state index contributed by atoms with van der Waals surface area (Å²) in [6, 6.07) is 3.72. The topological polar surface area (TPSA) is 80.9 Å². The fourth-order valence-electron chi connectivity index (χ4n) is 1.98. The number of carbonyl (C=O) groups excluding carboxylic acids is 1. The number of aryl methyl sites for hydroxylation is 1. The van der Waals surface area contributed by atoms with Crippen molar-refractivity contribution in [1.82, 2.24) is 15.2 Å². The Morgan fingerprint density at radius 3 is 2.95 bits per heavy atom. The summed E-state index contributed by atoms with van der Waals surface area (Å²) in [6.45, 7) is 1.87. The molecule has 0 atom stereocenters. The predicted molar refractivity (Wildman–Crippen MR) is 84.4 cm³/mol. The van der Waals surface area contributed by atoms with Crippen LogP contribution in [0.3, 0.4) is 0 Å². The van der Waals surface area contributed by atoms with E-state index in [1.54, 1.807) is 5.38 Å². The van der Waals surface area contributed by atoms with Crippen molar-refractivity contribution in [2.24, 2.45) is 0 Å². The van der Waals surface area contributed by atoms with Gasteiger partial charge in [0.2, 0.25) is 5.13 Å². The molecular weight excluding hydrogens is 320 g/mol. The lowest BCUT2D eigenvalue weighted by molar-refractivity contribution is 0.102. The number of anilines is 1. The smallest absolute Gasteiger partial charge is 0.276 e. The molecule has 0 saturated heterocycles. The molecule has 1 N–H and O–H groups in total. The van der Waals surface area contributed by atoms with Crippen LogP contribution in [0.1, 0.15) is 40.0 Å². The van der Waals surface area contributed by atoms with Crippen LogP contribution in [-0.2, 0) is 0 Å². The molecule has 1 amide bonds. The molecule has 4 rings (SSSR count). The van der Waals surface area contributed by atoms with Crippen LogP contribution in [0.5, 0.6) is 0 Å². The monoisotopic (exact) mass is 332 g/mol. The average Bonchev–Trinajstić information content (AvgIpc) is 2.93. The molecule has 22 heavy (non-hydrogen) atoms. The molecule has 0 radical (unpaired) electrons. The summed E-state index contributed by atoms with van der Waals surface area (Å²) in [5.41, 5.74) is 0.359. The highest BCUT2D eigenvalue weighted by molar-refractivity contribution is 7.15. The van der Waals surface area contributed by atoms with Gasteiger partial charge >= 0.3 is 0 Å². The van der Waals surface area contributed by atoms with Gasteiger partial charge in [-0.2, -0.15) is 0 Å². The van der Waals surface area contributed by atoms with E-state index in [1.165, 1.54) is 35.5 Å². The number of furan rings is 1. The van der Waals surface area contributed by atoms with Crippen molar-refractivity contribution in [3.05, 3.63) is 34.0 Å². The van der Waals surface area contributed by atoms with Crippen molar-refractivity contribution >= 4 is 33.7 Å². The summed E-state index contributed by atoms with van der Waals surface area (Å²) >= 11 is 2.81. The number of rotatable bonds is 4. The molecule has 6 nitrogen and oxygen atoms in total. The minimum absolute atomic E-state index is 0.274.